The van der Waals surface area contributed by atoms with E-state index in [0.717, 1.165) is 0 Å². The second-order valence-electron chi connectivity index (χ2n) is 7.12. The highest BCUT2D eigenvalue weighted by Crippen LogP contribution is 2.38. The Kier molecular flexibility index (Phi) is 7.59. The number of carbonyl (C=O) groups excluding carboxylic acids is 1. The number of ketones is 1. The lowest BCUT2D eigenvalue weighted by Crippen LogP contribution is -2.49. The van der Waals surface area contributed by atoms with Gasteiger partial charge >= 0.3 is 0 Å². The SMILES string of the molecule is CC[C@@H](O[Si](C)(C)C(C)(C)C)[C@H](O)[C@@H](O)CCC(C)=O. The molecule has 0 aromatic carbocycles. The summed E-state index contributed by atoms with van der Waals surface area (Å²) >= 11 is 0. The van der Waals surface area contributed by atoms with E-state index in [1.54, 1.807) is 0 Å². The van der Waals surface area contributed by atoms with E-state index in [4.69, 9.17) is 4.43 Å². The summed E-state index contributed by atoms with van der Waals surface area (Å²) in [6.45, 7) is 14.1. The first-order valence-electron chi connectivity index (χ1n) is 7.45. The standard InChI is InChI=1S/C15H32O4Si/c1-8-13(19-20(6,7)15(3,4)5)14(18)12(17)10-9-11(2)16/h12-14,17-18H,8-10H2,1-7H3/t12-,13+,14+/m0/s1. The van der Waals surface area contributed by atoms with Gasteiger partial charge in [-0.2, -0.15) is 0 Å². The van der Waals surface area contributed by atoms with Crippen LogP contribution in [0.2, 0.25) is 18.1 Å². The third-order valence-corrected chi connectivity index (χ3v) is 8.73. The number of hydrogen-bond donors (Lipinski definition) is 2. The van der Waals surface area contributed by atoms with Gasteiger partial charge in [-0.05, 0) is 37.9 Å². The molecule has 0 heterocycles. The molecule has 120 valence electrons. The zero-order chi connectivity index (χ0) is 16.1. The van der Waals surface area contributed by atoms with E-state index >= 15 is 0 Å². The highest BCUT2D eigenvalue weighted by Gasteiger charge is 2.41. The summed E-state index contributed by atoms with van der Waals surface area (Å²) in [7, 11) is -1.98. The van der Waals surface area contributed by atoms with Crippen molar-refractivity contribution in [1.29, 1.82) is 0 Å². The number of aliphatic hydroxyl groups excluding tert-OH is 2. The molecule has 0 rings (SSSR count). The molecule has 0 aromatic rings. The molecule has 4 nitrogen and oxygen atoms in total. The Morgan fingerprint density at radius 1 is 1.25 bits per heavy atom. The van der Waals surface area contributed by atoms with E-state index in [1.807, 2.05) is 6.92 Å². The molecule has 2 N–H and O–H groups in total. The normalized spacial score (nSPS) is 17.6. The summed E-state index contributed by atoms with van der Waals surface area (Å²) in [5, 5.41) is 20.3. The molecule has 20 heavy (non-hydrogen) atoms. The summed E-state index contributed by atoms with van der Waals surface area (Å²) in [5.74, 6) is 0.0228. The van der Waals surface area contributed by atoms with Crippen LogP contribution in [0.25, 0.3) is 0 Å². The number of rotatable bonds is 8. The van der Waals surface area contributed by atoms with Crippen LogP contribution in [-0.4, -0.2) is 42.6 Å². The van der Waals surface area contributed by atoms with Crippen molar-refractivity contribution in [2.45, 2.75) is 90.3 Å². The fraction of sp³-hybridized carbons (Fsp3) is 0.933. The third-order valence-electron chi connectivity index (χ3n) is 4.22. The van der Waals surface area contributed by atoms with Gasteiger partial charge in [0.25, 0.3) is 0 Å². The summed E-state index contributed by atoms with van der Waals surface area (Å²) in [4.78, 5) is 11.0. The first-order valence-corrected chi connectivity index (χ1v) is 10.4. The van der Waals surface area contributed by atoms with Crippen LogP contribution in [0, 0.1) is 0 Å². The van der Waals surface area contributed by atoms with Crippen LogP contribution in [0.3, 0.4) is 0 Å². The number of Topliss-reactive ketones (excluding diaryl/α,β-unsaturated/α-hetero) is 1. The molecule has 0 aliphatic heterocycles. The molecule has 0 aliphatic rings. The van der Waals surface area contributed by atoms with E-state index in [2.05, 4.69) is 33.9 Å². The predicted octanol–water partition coefficient (Wildman–Crippen LogP) is 2.88. The minimum absolute atomic E-state index is 0.0228. The Bertz CT molecular complexity index is 309. The van der Waals surface area contributed by atoms with Crippen molar-refractivity contribution in [3.63, 3.8) is 0 Å². The molecule has 0 radical (unpaired) electrons. The van der Waals surface area contributed by atoms with Gasteiger partial charge in [-0.1, -0.05) is 27.7 Å². The number of aliphatic hydroxyl groups is 2. The van der Waals surface area contributed by atoms with Crippen LogP contribution in [0.1, 0.15) is 53.9 Å². The minimum atomic E-state index is -1.98. The average Bonchev–Trinajstić information content (AvgIpc) is 2.30. The molecule has 3 atom stereocenters. The molecule has 0 aromatic heterocycles. The number of hydrogen-bond acceptors (Lipinski definition) is 4. The Hall–Kier alpha value is -0.233. The molecular weight excluding hydrogens is 272 g/mol. The molecule has 0 saturated carbocycles. The van der Waals surface area contributed by atoms with Crippen molar-refractivity contribution in [2.75, 3.05) is 0 Å². The maximum Gasteiger partial charge on any atom is 0.192 e. The summed E-state index contributed by atoms with van der Waals surface area (Å²) in [6.07, 6.45) is -1.01. The number of carbonyl (C=O) groups is 1. The third kappa shape index (κ3) is 6.04. The molecular formula is C15H32O4Si. The monoisotopic (exact) mass is 304 g/mol. The molecule has 0 aliphatic carbocycles. The van der Waals surface area contributed by atoms with Gasteiger partial charge in [0, 0.05) is 6.42 Å². The lowest BCUT2D eigenvalue weighted by atomic mass is 10.0. The van der Waals surface area contributed by atoms with Crippen LogP contribution >= 0.6 is 0 Å². The van der Waals surface area contributed by atoms with Gasteiger partial charge in [0.15, 0.2) is 8.32 Å². The van der Waals surface area contributed by atoms with Gasteiger partial charge in [-0.15, -0.1) is 0 Å². The average molecular weight is 305 g/mol. The summed E-state index contributed by atoms with van der Waals surface area (Å²) in [6, 6.07) is 0. The van der Waals surface area contributed by atoms with Crippen LogP contribution in [0.5, 0.6) is 0 Å². The fourth-order valence-corrected chi connectivity index (χ4v) is 3.14. The van der Waals surface area contributed by atoms with Gasteiger partial charge in [0.05, 0.1) is 12.2 Å². The van der Waals surface area contributed by atoms with Crippen molar-refractivity contribution in [2.24, 2.45) is 0 Å². The second kappa shape index (κ2) is 7.68. The van der Waals surface area contributed by atoms with Gasteiger partial charge in [0.2, 0.25) is 0 Å². The first-order chi connectivity index (χ1) is 8.92. The van der Waals surface area contributed by atoms with Crippen molar-refractivity contribution in [1.82, 2.24) is 0 Å². The largest absolute Gasteiger partial charge is 0.411 e. The second-order valence-corrected chi connectivity index (χ2v) is 11.9. The van der Waals surface area contributed by atoms with Gasteiger partial charge in [-0.3, -0.25) is 0 Å². The Labute approximate surface area is 124 Å². The van der Waals surface area contributed by atoms with E-state index < -0.39 is 20.5 Å². The zero-order valence-corrected chi connectivity index (χ0v) is 15.1. The maximum absolute atomic E-state index is 11.0. The summed E-state index contributed by atoms with van der Waals surface area (Å²) in [5.41, 5.74) is 0. The molecule has 0 bridgehead atoms. The van der Waals surface area contributed by atoms with Crippen LogP contribution < -0.4 is 0 Å². The molecule has 0 unspecified atom stereocenters. The van der Waals surface area contributed by atoms with Crippen molar-refractivity contribution < 1.29 is 19.4 Å². The fourth-order valence-electron chi connectivity index (χ4n) is 1.72. The van der Waals surface area contributed by atoms with E-state index in [0.29, 0.717) is 6.42 Å². The van der Waals surface area contributed by atoms with Crippen LogP contribution in [-0.2, 0) is 9.22 Å². The highest BCUT2D eigenvalue weighted by molar-refractivity contribution is 6.74. The smallest absolute Gasteiger partial charge is 0.192 e. The van der Waals surface area contributed by atoms with Crippen molar-refractivity contribution in [3.8, 4) is 0 Å². The Balaban J connectivity index is 4.70. The molecule has 0 fully saturated rings. The van der Waals surface area contributed by atoms with E-state index in [1.165, 1.54) is 6.92 Å². The van der Waals surface area contributed by atoms with Gasteiger partial charge in [-0.25, -0.2) is 0 Å². The first kappa shape index (κ1) is 19.8. The lowest BCUT2D eigenvalue weighted by Gasteiger charge is -2.41. The Morgan fingerprint density at radius 3 is 2.10 bits per heavy atom. The van der Waals surface area contributed by atoms with E-state index in [-0.39, 0.29) is 29.8 Å². The maximum atomic E-state index is 11.0. The molecule has 5 heteroatoms. The molecule has 0 amide bonds. The predicted molar refractivity (Wildman–Crippen MR) is 84.3 cm³/mol. The molecule has 0 saturated heterocycles. The van der Waals surface area contributed by atoms with E-state index in [9.17, 15) is 15.0 Å². The highest BCUT2D eigenvalue weighted by atomic mass is 28.4. The minimum Gasteiger partial charge on any atom is -0.411 e. The van der Waals surface area contributed by atoms with Crippen LogP contribution in [0.15, 0.2) is 0 Å². The van der Waals surface area contributed by atoms with Crippen molar-refractivity contribution in [3.05, 3.63) is 0 Å². The lowest BCUT2D eigenvalue weighted by molar-refractivity contribution is -0.118. The van der Waals surface area contributed by atoms with Gasteiger partial charge < -0.3 is 19.4 Å². The molecule has 0 spiro atoms. The Morgan fingerprint density at radius 2 is 1.75 bits per heavy atom. The van der Waals surface area contributed by atoms with Crippen LogP contribution in [0.4, 0.5) is 0 Å². The zero-order valence-electron chi connectivity index (χ0n) is 14.1. The quantitative estimate of drug-likeness (QED) is 0.677. The topological polar surface area (TPSA) is 66.8 Å². The summed E-state index contributed by atoms with van der Waals surface area (Å²) < 4.78 is 6.19. The van der Waals surface area contributed by atoms with Gasteiger partial charge in [0.1, 0.15) is 11.9 Å². The van der Waals surface area contributed by atoms with Crippen molar-refractivity contribution >= 4 is 14.1 Å².